The number of nitrogens with one attached hydrogen (secondary N) is 1. The minimum absolute atomic E-state index is 0.0506. The van der Waals surface area contributed by atoms with Gasteiger partial charge in [-0.15, -0.1) is 0 Å². The van der Waals surface area contributed by atoms with Crippen molar-refractivity contribution in [2.75, 3.05) is 32.1 Å². The first-order valence-corrected chi connectivity index (χ1v) is 8.98. The third-order valence-corrected chi connectivity index (χ3v) is 5.63. The average Bonchev–Trinajstić information content (AvgIpc) is 2.94. The average molecular weight is 337 g/mol. The van der Waals surface area contributed by atoms with E-state index in [1.807, 2.05) is 29.2 Å². The van der Waals surface area contributed by atoms with Crippen LogP contribution in [0.4, 0.5) is 5.69 Å². The molecule has 0 spiro atoms. The molecule has 4 heteroatoms. The van der Waals surface area contributed by atoms with E-state index < -0.39 is 0 Å². The lowest BCUT2D eigenvalue weighted by Gasteiger charge is -2.34. The van der Waals surface area contributed by atoms with Gasteiger partial charge in [0.15, 0.2) is 0 Å². The minimum Gasteiger partial charge on any atom is -0.496 e. The van der Waals surface area contributed by atoms with Crippen molar-refractivity contribution in [1.82, 2.24) is 0 Å². The summed E-state index contributed by atoms with van der Waals surface area (Å²) >= 11 is 0. The molecule has 0 aromatic heterocycles. The van der Waals surface area contributed by atoms with E-state index in [4.69, 9.17) is 4.74 Å². The number of anilines is 1. The van der Waals surface area contributed by atoms with Gasteiger partial charge in [-0.1, -0.05) is 29.8 Å². The molecule has 2 aliphatic heterocycles. The molecule has 3 atom stereocenters. The van der Waals surface area contributed by atoms with Crippen molar-refractivity contribution in [3.8, 4) is 5.75 Å². The van der Waals surface area contributed by atoms with Crippen molar-refractivity contribution in [3.63, 3.8) is 0 Å². The Kier molecular flexibility index (Phi) is 4.00. The Morgan fingerprint density at radius 2 is 2.04 bits per heavy atom. The Bertz CT molecular complexity index is 817. The number of piperidine rings is 1. The summed E-state index contributed by atoms with van der Waals surface area (Å²) in [4.78, 5) is 17.0. The fraction of sp³-hybridized carbons (Fsp3) is 0.381. The van der Waals surface area contributed by atoms with Crippen LogP contribution in [0.25, 0.3) is 0 Å². The number of para-hydroxylation sites is 1. The summed E-state index contributed by atoms with van der Waals surface area (Å²) in [5, 5.41) is 0. The van der Waals surface area contributed by atoms with E-state index in [0.29, 0.717) is 17.2 Å². The largest absolute Gasteiger partial charge is 0.496 e. The third kappa shape index (κ3) is 2.61. The summed E-state index contributed by atoms with van der Waals surface area (Å²) in [6, 6.07) is 14.3. The number of methoxy groups -OCH3 is 1. The Hall–Kier alpha value is -2.33. The number of carbonyl (C=O) groups excluding carboxylic acids is 1. The molecule has 1 fully saturated rings. The SMILES string of the molecule is COc1ccccc1C(=O)N1c2ccc(C)cc2[C@@H]2C[NH+](C)CC[C@@H]21. The Labute approximate surface area is 149 Å². The van der Waals surface area contributed by atoms with E-state index in [1.54, 1.807) is 12.0 Å². The first-order valence-electron chi connectivity index (χ1n) is 8.98. The van der Waals surface area contributed by atoms with Crippen molar-refractivity contribution in [3.05, 3.63) is 59.2 Å². The van der Waals surface area contributed by atoms with Gasteiger partial charge >= 0.3 is 0 Å². The highest BCUT2D eigenvalue weighted by Crippen LogP contribution is 2.44. The monoisotopic (exact) mass is 337 g/mol. The molecule has 0 saturated carbocycles. The molecule has 130 valence electrons. The number of fused-ring (bicyclic) bond motifs is 3. The standard InChI is InChI=1S/C21H24N2O2/c1-14-8-9-18-16(12-14)17-13-22(2)11-10-19(17)23(18)21(24)15-6-4-5-7-20(15)25-3/h4-9,12,17,19H,10-11,13H2,1-3H3/p+1/t17-,19-/m0/s1. The van der Waals surface area contributed by atoms with Gasteiger partial charge in [-0.2, -0.15) is 0 Å². The lowest BCUT2D eigenvalue weighted by atomic mass is 9.88. The molecule has 25 heavy (non-hydrogen) atoms. The van der Waals surface area contributed by atoms with Crippen LogP contribution >= 0.6 is 0 Å². The van der Waals surface area contributed by atoms with Crippen LogP contribution in [0.1, 0.15) is 33.8 Å². The zero-order valence-corrected chi connectivity index (χ0v) is 15.1. The zero-order valence-electron chi connectivity index (χ0n) is 15.1. The van der Waals surface area contributed by atoms with Gasteiger partial charge in [0, 0.05) is 12.1 Å². The van der Waals surface area contributed by atoms with Crippen LogP contribution in [0.15, 0.2) is 42.5 Å². The number of ether oxygens (including phenoxy) is 1. The molecule has 1 amide bonds. The molecule has 1 saturated heterocycles. The number of nitrogens with zero attached hydrogens (tertiary/aromatic N) is 1. The number of benzene rings is 2. The van der Waals surface area contributed by atoms with Crippen molar-refractivity contribution in [2.24, 2.45) is 0 Å². The Morgan fingerprint density at radius 3 is 2.84 bits per heavy atom. The lowest BCUT2D eigenvalue weighted by molar-refractivity contribution is -0.886. The number of rotatable bonds is 2. The summed E-state index contributed by atoms with van der Waals surface area (Å²) in [7, 11) is 3.87. The maximum Gasteiger partial charge on any atom is 0.262 e. The van der Waals surface area contributed by atoms with E-state index in [2.05, 4.69) is 32.2 Å². The van der Waals surface area contributed by atoms with Crippen molar-refractivity contribution in [1.29, 1.82) is 0 Å². The third-order valence-electron chi connectivity index (χ3n) is 5.63. The second-order valence-corrected chi connectivity index (χ2v) is 7.31. The molecule has 0 bridgehead atoms. The maximum absolute atomic E-state index is 13.4. The second-order valence-electron chi connectivity index (χ2n) is 7.31. The molecule has 4 rings (SSSR count). The number of hydrogen-bond donors (Lipinski definition) is 1. The summed E-state index contributed by atoms with van der Waals surface area (Å²) in [5.74, 6) is 1.11. The number of hydrogen-bond acceptors (Lipinski definition) is 2. The van der Waals surface area contributed by atoms with Gasteiger partial charge in [0.05, 0.1) is 44.8 Å². The van der Waals surface area contributed by atoms with E-state index in [9.17, 15) is 4.79 Å². The molecule has 2 heterocycles. The van der Waals surface area contributed by atoms with Crippen molar-refractivity contribution >= 4 is 11.6 Å². The number of likely N-dealkylation sites (N-methyl/N-ethyl adjacent to an activating group) is 1. The summed E-state index contributed by atoms with van der Waals surface area (Å²) in [6.45, 7) is 4.31. The smallest absolute Gasteiger partial charge is 0.262 e. The first kappa shape index (κ1) is 16.2. The Morgan fingerprint density at radius 1 is 1.24 bits per heavy atom. The molecule has 0 radical (unpaired) electrons. The number of aryl methyl sites for hydroxylation is 1. The molecule has 1 N–H and O–H groups in total. The predicted molar refractivity (Wildman–Crippen MR) is 98.7 cm³/mol. The van der Waals surface area contributed by atoms with Crippen LogP contribution in [0.3, 0.4) is 0 Å². The van der Waals surface area contributed by atoms with Gasteiger partial charge in [0.2, 0.25) is 0 Å². The van der Waals surface area contributed by atoms with Crippen LogP contribution in [0.5, 0.6) is 5.75 Å². The van der Waals surface area contributed by atoms with Crippen molar-refractivity contribution in [2.45, 2.75) is 25.3 Å². The highest BCUT2D eigenvalue weighted by Gasteiger charge is 2.46. The van der Waals surface area contributed by atoms with Crippen LogP contribution in [0, 0.1) is 6.92 Å². The van der Waals surface area contributed by atoms with Gasteiger partial charge in [-0.25, -0.2) is 0 Å². The predicted octanol–water partition coefficient (Wildman–Crippen LogP) is 2.03. The molecule has 2 aromatic carbocycles. The summed E-state index contributed by atoms with van der Waals surface area (Å²) in [5.41, 5.74) is 4.30. The molecular weight excluding hydrogens is 312 g/mol. The van der Waals surface area contributed by atoms with Gasteiger partial charge in [0.1, 0.15) is 5.75 Å². The van der Waals surface area contributed by atoms with E-state index in [1.165, 1.54) is 11.1 Å². The molecule has 0 aliphatic carbocycles. The number of amides is 1. The van der Waals surface area contributed by atoms with Gasteiger partial charge in [0.25, 0.3) is 5.91 Å². The quantitative estimate of drug-likeness (QED) is 0.910. The number of quaternary nitrogens is 1. The fourth-order valence-electron chi connectivity index (χ4n) is 4.42. The fourth-order valence-corrected chi connectivity index (χ4v) is 4.42. The number of carbonyl (C=O) groups is 1. The maximum atomic E-state index is 13.4. The van der Waals surface area contributed by atoms with E-state index in [-0.39, 0.29) is 11.9 Å². The van der Waals surface area contributed by atoms with Crippen molar-refractivity contribution < 1.29 is 14.4 Å². The van der Waals surface area contributed by atoms with E-state index in [0.717, 1.165) is 25.2 Å². The van der Waals surface area contributed by atoms with Crippen LogP contribution in [-0.2, 0) is 0 Å². The topological polar surface area (TPSA) is 34.0 Å². The summed E-state index contributed by atoms with van der Waals surface area (Å²) in [6.07, 6.45) is 1.03. The highest BCUT2D eigenvalue weighted by molar-refractivity contribution is 6.09. The van der Waals surface area contributed by atoms with Gasteiger partial charge < -0.3 is 14.5 Å². The summed E-state index contributed by atoms with van der Waals surface area (Å²) < 4.78 is 5.43. The zero-order chi connectivity index (χ0) is 17.6. The molecule has 2 aromatic rings. The highest BCUT2D eigenvalue weighted by atomic mass is 16.5. The van der Waals surface area contributed by atoms with Crippen LogP contribution < -0.4 is 14.5 Å². The molecule has 1 unspecified atom stereocenters. The first-order chi connectivity index (χ1) is 12.1. The number of likely N-dealkylation sites (tertiary alicyclic amines) is 1. The Balaban J connectivity index is 1.80. The minimum atomic E-state index is 0.0506. The van der Waals surface area contributed by atoms with Gasteiger partial charge in [-0.3, -0.25) is 4.79 Å². The van der Waals surface area contributed by atoms with Crippen LogP contribution in [0.2, 0.25) is 0 Å². The molecule has 4 nitrogen and oxygen atoms in total. The van der Waals surface area contributed by atoms with E-state index >= 15 is 0 Å². The normalized spacial score (nSPS) is 24.6. The lowest BCUT2D eigenvalue weighted by Crippen LogP contribution is -3.11. The second kappa shape index (κ2) is 6.19. The molecular formula is C21H25N2O2+. The molecule has 2 aliphatic rings. The van der Waals surface area contributed by atoms with Crippen LogP contribution in [-0.4, -0.2) is 39.2 Å². The van der Waals surface area contributed by atoms with Gasteiger partial charge in [-0.05, 0) is 30.7 Å².